The minimum absolute atomic E-state index is 0.0260. The first-order valence-electron chi connectivity index (χ1n) is 7.62. The zero-order valence-corrected chi connectivity index (χ0v) is 14.8. The molecule has 2 N–H and O–H groups in total. The number of hydrogen-bond donors (Lipinski definition) is 1. The molecule has 2 rings (SSSR count). The number of aromatic nitrogens is 2. The Hall–Kier alpha value is -2.57. The molecule has 0 saturated carbocycles. The second-order valence-corrected chi connectivity index (χ2v) is 7.52. The van der Waals surface area contributed by atoms with Crippen LogP contribution in [-0.4, -0.2) is 33.0 Å². The van der Waals surface area contributed by atoms with Crippen molar-refractivity contribution in [2.75, 3.05) is 5.73 Å². The average molecular weight is 333 g/mol. The summed E-state index contributed by atoms with van der Waals surface area (Å²) in [6.07, 6.45) is -0.674. The molecular formula is C17H23N3O4. The monoisotopic (exact) mass is 333 g/mol. The molecule has 0 bridgehead atoms. The van der Waals surface area contributed by atoms with Gasteiger partial charge in [-0.3, -0.25) is 0 Å². The number of fused-ring (bicyclic) bond motifs is 1. The fourth-order valence-corrected chi connectivity index (χ4v) is 2.06. The number of ether oxygens (including phenoxy) is 2. The van der Waals surface area contributed by atoms with E-state index in [1.807, 2.05) is 0 Å². The lowest BCUT2D eigenvalue weighted by Gasteiger charge is -2.19. The molecule has 0 amide bonds. The quantitative estimate of drug-likeness (QED) is 0.635. The number of carbonyl (C=O) groups is 2. The summed E-state index contributed by atoms with van der Waals surface area (Å²) >= 11 is 0. The molecule has 24 heavy (non-hydrogen) atoms. The van der Waals surface area contributed by atoms with E-state index in [0.717, 1.165) is 4.68 Å². The van der Waals surface area contributed by atoms with Gasteiger partial charge in [-0.1, -0.05) is 0 Å². The molecule has 0 atom stereocenters. The fourth-order valence-electron chi connectivity index (χ4n) is 2.06. The van der Waals surface area contributed by atoms with E-state index in [9.17, 15) is 9.59 Å². The lowest BCUT2D eigenvalue weighted by atomic mass is 10.1. The Morgan fingerprint density at radius 1 is 1.04 bits per heavy atom. The van der Waals surface area contributed by atoms with Gasteiger partial charge in [0.2, 0.25) is 0 Å². The van der Waals surface area contributed by atoms with Gasteiger partial charge in [0.15, 0.2) is 5.69 Å². The molecule has 7 nitrogen and oxygen atoms in total. The molecule has 0 fully saturated rings. The Kier molecular flexibility index (Phi) is 4.31. The Labute approximate surface area is 140 Å². The molecule has 0 radical (unpaired) electrons. The van der Waals surface area contributed by atoms with Crippen molar-refractivity contribution >= 4 is 28.7 Å². The zero-order chi connectivity index (χ0) is 18.3. The lowest BCUT2D eigenvalue weighted by molar-refractivity contribution is 0.00643. The number of benzene rings is 1. The van der Waals surface area contributed by atoms with E-state index in [4.69, 9.17) is 15.2 Å². The standard InChI is InChI=1S/C17H23N3O4/c1-16(2,3)23-14(21)13-11-9-10(18)7-8-12(11)20(19-13)15(22)24-17(4,5)6/h7-9H,18H2,1-6H3. The average Bonchev–Trinajstić information content (AvgIpc) is 2.73. The van der Waals surface area contributed by atoms with Gasteiger partial charge in [0.1, 0.15) is 11.2 Å². The Morgan fingerprint density at radius 3 is 2.17 bits per heavy atom. The third kappa shape index (κ3) is 4.04. The van der Waals surface area contributed by atoms with Crippen LogP contribution in [0, 0.1) is 0 Å². The van der Waals surface area contributed by atoms with Crippen molar-refractivity contribution in [3.63, 3.8) is 0 Å². The number of nitrogen functional groups attached to an aromatic ring is 1. The van der Waals surface area contributed by atoms with Crippen molar-refractivity contribution in [3.05, 3.63) is 23.9 Å². The maximum Gasteiger partial charge on any atom is 0.435 e. The fraction of sp³-hybridized carbons (Fsp3) is 0.471. The van der Waals surface area contributed by atoms with E-state index < -0.39 is 23.3 Å². The van der Waals surface area contributed by atoms with E-state index in [1.165, 1.54) is 0 Å². The van der Waals surface area contributed by atoms with E-state index >= 15 is 0 Å². The number of carbonyl (C=O) groups excluding carboxylic acids is 2. The SMILES string of the molecule is CC(C)(C)OC(=O)c1nn(C(=O)OC(C)(C)C)c2ccc(N)cc12. The molecule has 1 aromatic carbocycles. The first-order chi connectivity index (χ1) is 10.9. The predicted octanol–water partition coefficient (Wildman–Crippen LogP) is 3.36. The van der Waals surface area contributed by atoms with Gasteiger partial charge in [-0.2, -0.15) is 9.78 Å². The van der Waals surface area contributed by atoms with Crippen molar-refractivity contribution in [1.29, 1.82) is 0 Å². The number of rotatable bonds is 1. The molecule has 0 saturated heterocycles. The summed E-state index contributed by atoms with van der Waals surface area (Å²) in [4.78, 5) is 24.8. The Bertz CT molecular complexity index is 794. The van der Waals surface area contributed by atoms with Gasteiger partial charge in [0.05, 0.1) is 5.52 Å². The Balaban J connectivity index is 2.55. The molecule has 0 unspecified atom stereocenters. The zero-order valence-electron chi connectivity index (χ0n) is 14.8. The van der Waals surface area contributed by atoms with E-state index in [0.29, 0.717) is 16.6 Å². The summed E-state index contributed by atoms with van der Waals surface area (Å²) in [6.45, 7) is 10.5. The van der Waals surface area contributed by atoms with Crippen LogP contribution in [0.2, 0.25) is 0 Å². The van der Waals surface area contributed by atoms with Crippen molar-refractivity contribution in [3.8, 4) is 0 Å². The van der Waals surface area contributed by atoms with Crippen molar-refractivity contribution in [1.82, 2.24) is 9.78 Å². The van der Waals surface area contributed by atoms with Crippen molar-refractivity contribution in [2.45, 2.75) is 52.7 Å². The third-order valence-corrected chi connectivity index (χ3v) is 2.86. The van der Waals surface area contributed by atoms with Gasteiger partial charge in [-0.05, 0) is 59.7 Å². The second kappa shape index (κ2) is 5.81. The highest BCUT2D eigenvalue weighted by Crippen LogP contribution is 2.24. The van der Waals surface area contributed by atoms with Crippen LogP contribution in [0.4, 0.5) is 10.5 Å². The van der Waals surface area contributed by atoms with E-state index in [2.05, 4.69) is 5.10 Å². The summed E-state index contributed by atoms with van der Waals surface area (Å²) in [7, 11) is 0. The molecule has 0 aliphatic heterocycles. The van der Waals surface area contributed by atoms with Gasteiger partial charge in [-0.15, -0.1) is 0 Å². The second-order valence-electron chi connectivity index (χ2n) is 7.52. The van der Waals surface area contributed by atoms with Crippen LogP contribution in [0.3, 0.4) is 0 Å². The van der Waals surface area contributed by atoms with Crippen molar-refractivity contribution in [2.24, 2.45) is 0 Å². The number of nitrogens with zero attached hydrogens (tertiary/aromatic N) is 2. The highest BCUT2D eigenvalue weighted by molar-refractivity contribution is 6.05. The van der Waals surface area contributed by atoms with E-state index in [1.54, 1.807) is 59.7 Å². The van der Waals surface area contributed by atoms with Crippen LogP contribution >= 0.6 is 0 Å². The van der Waals surface area contributed by atoms with Gasteiger partial charge >= 0.3 is 12.1 Å². The number of hydrogen-bond acceptors (Lipinski definition) is 6. The number of nitrogens with two attached hydrogens (primary N) is 1. The maximum absolute atomic E-state index is 12.4. The van der Waals surface area contributed by atoms with Crippen LogP contribution in [0.15, 0.2) is 18.2 Å². The van der Waals surface area contributed by atoms with Crippen LogP contribution in [0.1, 0.15) is 52.0 Å². The smallest absolute Gasteiger partial charge is 0.435 e. The molecule has 130 valence electrons. The van der Waals surface area contributed by atoms with Gasteiger partial charge < -0.3 is 15.2 Å². The molecule has 0 aliphatic rings. The van der Waals surface area contributed by atoms with Gasteiger partial charge in [0.25, 0.3) is 0 Å². The van der Waals surface area contributed by atoms with Crippen LogP contribution in [-0.2, 0) is 9.47 Å². The first-order valence-corrected chi connectivity index (χ1v) is 7.62. The molecular weight excluding hydrogens is 310 g/mol. The minimum atomic E-state index is -0.685. The minimum Gasteiger partial charge on any atom is -0.455 e. The summed E-state index contributed by atoms with van der Waals surface area (Å²) < 4.78 is 11.7. The van der Waals surface area contributed by atoms with Crippen LogP contribution in [0.25, 0.3) is 10.9 Å². The lowest BCUT2D eigenvalue weighted by Crippen LogP contribution is -2.28. The number of esters is 1. The third-order valence-electron chi connectivity index (χ3n) is 2.86. The first kappa shape index (κ1) is 17.8. The maximum atomic E-state index is 12.4. The van der Waals surface area contributed by atoms with E-state index in [-0.39, 0.29) is 5.69 Å². The highest BCUT2D eigenvalue weighted by atomic mass is 16.6. The molecule has 7 heteroatoms. The summed E-state index contributed by atoms with van der Waals surface area (Å²) in [5.41, 5.74) is 5.35. The highest BCUT2D eigenvalue weighted by Gasteiger charge is 2.27. The largest absolute Gasteiger partial charge is 0.455 e. The molecule has 2 aromatic rings. The Morgan fingerprint density at radius 2 is 1.62 bits per heavy atom. The normalized spacial score (nSPS) is 12.2. The summed E-state index contributed by atoms with van der Waals surface area (Å²) in [6, 6.07) is 4.83. The molecule has 0 aliphatic carbocycles. The van der Waals surface area contributed by atoms with Crippen molar-refractivity contribution < 1.29 is 19.1 Å². The topological polar surface area (TPSA) is 96.4 Å². The number of anilines is 1. The predicted molar refractivity (Wildman–Crippen MR) is 90.9 cm³/mol. The van der Waals surface area contributed by atoms with Gasteiger partial charge in [-0.25, -0.2) is 9.59 Å². The summed E-state index contributed by atoms with van der Waals surface area (Å²) in [5.74, 6) is -0.625. The molecule has 1 aromatic heterocycles. The summed E-state index contributed by atoms with van der Waals surface area (Å²) in [5, 5.41) is 4.55. The molecule has 1 heterocycles. The van der Waals surface area contributed by atoms with Crippen LogP contribution in [0.5, 0.6) is 0 Å². The van der Waals surface area contributed by atoms with Crippen LogP contribution < -0.4 is 5.73 Å². The van der Waals surface area contributed by atoms with Gasteiger partial charge in [0, 0.05) is 11.1 Å². The molecule has 0 spiro atoms.